The normalized spacial score (nSPS) is 23.0. The Bertz CT molecular complexity index is 994. The van der Waals surface area contributed by atoms with Crippen molar-refractivity contribution in [2.24, 2.45) is 5.92 Å². The number of hydrogen-bond acceptors (Lipinski definition) is 8. The number of anilines is 2. The minimum absolute atomic E-state index is 0.145. The summed E-state index contributed by atoms with van der Waals surface area (Å²) in [6, 6.07) is 6.28. The van der Waals surface area contributed by atoms with Crippen molar-refractivity contribution in [3.05, 3.63) is 29.0 Å². The predicted molar refractivity (Wildman–Crippen MR) is 120 cm³/mol. The maximum absolute atomic E-state index is 5.93. The summed E-state index contributed by atoms with van der Waals surface area (Å²) < 4.78 is 11.5. The number of morpholine rings is 1. The van der Waals surface area contributed by atoms with Crippen LogP contribution in [0.5, 0.6) is 0 Å². The van der Waals surface area contributed by atoms with E-state index in [9.17, 15) is 0 Å². The number of pyridine rings is 1. The van der Waals surface area contributed by atoms with Crippen LogP contribution in [-0.2, 0) is 9.47 Å². The van der Waals surface area contributed by atoms with Crippen LogP contribution in [0, 0.1) is 5.92 Å². The van der Waals surface area contributed by atoms with Gasteiger partial charge in [-0.25, -0.2) is 4.98 Å². The van der Waals surface area contributed by atoms with Gasteiger partial charge in [0.25, 0.3) is 0 Å². The average molecular weight is 426 g/mol. The molecule has 2 fully saturated rings. The molecule has 3 aromatic rings. The van der Waals surface area contributed by atoms with Crippen molar-refractivity contribution in [1.82, 2.24) is 15.0 Å². The number of ether oxygens (including phenoxy) is 2. The molecule has 2 saturated heterocycles. The standard InChI is InChI=1S/C22H27N5O2S/c1-15-11-27(12-16(2)29-13-15)22-24-20-18(21(25-22)26-6-8-28-9-7-26)3-4-19(23-20)17-5-10-30-14-17/h3-5,10,14-16H,6-9,11-13H2,1-2H3/t15-,16+/m1/s1. The monoisotopic (exact) mass is 425 g/mol. The lowest BCUT2D eigenvalue weighted by atomic mass is 10.2. The van der Waals surface area contributed by atoms with Gasteiger partial charge in [-0.2, -0.15) is 21.3 Å². The lowest BCUT2D eigenvalue weighted by Crippen LogP contribution is -2.38. The zero-order chi connectivity index (χ0) is 20.5. The third-order valence-electron chi connectivity index (χ3n) is 5.61. The number of rotatable bonds is 3. The molecule has 2 aliphatic rings. The summed E-state index contributed by atoms with van der Waals surface area (Å²) in [6.07, 6.45) is 0.145. The zero-order valence-corrected chi connectivity index (χ0v) is 18.3. The van der Waals surface area contributed by atoms with Gasteiger partial charge in [-0.1, -0.05) is 6.92 Å². The molecule has 30 heavy (non-hydrogen) atoms. The van der Waals surface area contributed by atoms with Gasteiger partial charge in [0.1, 0.15) is 5.82 Å². The summed E-state index contributed by atoms with van der Waals surface area (Å²) in [7, 11) is 0. The fourth-order valence-electron chi connectivity index (χ4n) is 4.07. The Morgan fingerprint density at radius 3 is 2.67 bits per heavy atom. The second kappa shape index (κ2) is 8.45. The molecule has 0 saturated carbocycles. The fourth-order valence-corrected chi connectivity index (χ4v) is 4.72. The van der Waals surface area contributed by atoms with Crippen LogP contribution in [0.25, 0.3) is 22.3 Å². The van der Waals surface area contributed by atoms with Gasteiger partial charge in [-0.3, -0.25) is 0 Å². The van der Waals surface area contributed by atoms with Gasteiger partial charge < -0.3 is 19.3 Å². The summed E-state index contributed by atoms with van der Waals surface area (Å²) in [4.78, 5) is 19.5. The molecule has 2 aliphatic heterocycles. The lowest BCUT2D eigenvalue weighted by molar-refractivity contribution is 0.0650. The Morgan fingerprint density at radius 1 is 1.00 bits per heavy atom. The zero-order valence-electron chi connectivity index (χ0n) is 17.5. The lowest BCUT2D eigenvalue weighted by Gasteiger charge is -2.30. The highest BCUT2D eigenvalue weighted by molar-refractivity contribution is 7.08. The molecule has 0 aliphatic carbocycles. The van der Waals surface area contributed by atoms with Crippen LogP contribution < -0.4 is 9.80 Å². The third kappa shape index (κ3) is 3.99. The molecule has 0 aromatic carbocycles. The molecule has 0 unspecified atom stereocenters. The average Bonchev–Trinajstić information content (AvgIpc) is 3.26. The number of aromatic nitrogens is 3. The Kier molecular flexibility index (Phi) is 5.54. The molecular weight excluding hydrogens is 398 g/mol. The number of hydrogen-bond donors (Lipinski definition) is 0. The minimum atomic E-state index is 0.145. The Labute approximate surface area is 180 Å². The van der Waals surface area contributed by atoms with Crippen molar-refractivity contribution in [2.75, 3.05) is 55.8 Å². The smallest absolute Gasteiger partial charge is 0.229 e. The quantitative estimate of drug-likeness (QED) is 0.637. The van der Waals surface area contributed by atoms with Crippen LogP contribution in [0.3, 0.4) is 0 Å². The highest BCUT2D eigenvalue weighted by Gasteiger charge is 2.25. The van der Waals surface area contributed by atoms with E-state index in [4.69, 9.17) is 24.4 Å². The fraction of sp³-hybridized carbons (Fsp3) is 0.500. The summed E-state index contributed by atoms with van der Waals surface area (Å²) in [6.45, 7) is 9.83. The van der Waals surface area contributed by atoms with E-state index in [2.05, 4.69) is 52.6 Å². The highest BCUT2D eigenvalue weighted by atomic mass is 32.1. The van der Waals surface area contributed by atoms with E-state index in [-0.39, 0.29) is 6.10 Å². The first kappa shape index (κ1) is 19.7. The first-order valence-corrected chi connectivity index (χ1v) is 11.5. The Hall–Kier alpha value is -2.29. The van der Waals surface area contributed by atoms with Crippen molar-refractivity contribution in [1.29, 1.82) is 0 Å². The summed E-state index contributed by atoms with van der Waals surface area (Å²) in [5.74, 6) is 2.11. The molecule has 2 atom stereocenters. The van der Waals surface area contributed by atoms with Crippen LogP contribution >= 0.6 is 11.3 Å². The molecule has 3 aromatic heterocycles. The first-order chi connectivity index (χ1) is 14.7. The molecule has 7 nitrogen and oxygen atoms in total. The summed E-state index contributed by atoms with van der Waals surface area (Å²) >= 11 is 1.68. The van der Waals surface area contributed by atoms with Crippen molar-refractivity contribution in [2.45, 2.75) is 20.0 Å². The van der Waals surface area contributed by atoms with E-state index in [0.717, 1.165) is 66.8 Å². The maximum atomic E-state index is 5.93. The van der Waals surface area contributed by atoms with Crippen molar-refractivity contribution in [3.63, 3.8) is 0 Å². The van der Waals surface area contributed by atoms with Crippen LogP contribution in [-0.4, -0.2) is 67.1 Å². The van der Waals surface area contributed by atoms with Crippen molar-refractivity contribution in [3.8, 4) is 11.3 Å². The molecule has 5 heterocycles. The first-order valence-electron chi connectivity index (χ1n) is 10.6. The van der Waals surface area contributed by atoms with Gasteiger partial charge in [0, 0.05) is 37.1 Å². The van der Waals surface area contributed by atoms with Gasteiger partial charge in [0.2, 0.25) is 5.95 Å². The Balaban J connectivity index is 1.62. The van der Waals surface area contributed by atoms with E-state index in [1.807, 2.05) is 0 Å². The Morgan fingerprint density at radius 2 is 1.87 bits per heavy atom. The maximum Gasteiger partial charge on any atom is 0.229 e. The third-order valence-corrected chi connectivity index (χ3v) is 6.30. The molecule has 0 radical (unpaired) electrons. The van der Waals surface area contributed by atoms with Crippen LogP contribution in [0.4, 0.5) is 11.8 Å². The van der Waals surface area contributed by atoms with Gasteiger partial charge >= 0.3 is 0 Å². The molecule has 158 valence electrons. The SMILES string of the molecule is C[C@H]1CO[C@@H](C)CN(c2nc(N3CCOCC3)c3ccc(-c4ccsc4)nc3n2)C1. The second-order valence-corrected chi connectivity index (χ2v) is 8.96. The largest absolute Gasteiger partial charge is 0.378 e. The predicted octanol–water partition coefficient (Wildman–Crippen LogP) is 3.45. The van der Waals surface area contributed by atoms with Crippen molar-refractivity contribution < 1.29 is 9.47 Å². The van der Waals surface area contributed by atoms with Crippen LogP contribution in [0.2, 0.25) is 0 Å². The van der Waals surface area contributed by atoms with E-state index >= 15 is 0 Å². The number of fused-ring (bicyclic) bond motifs is 1. The summed E-state index contributed by atoms with van der Waals surface area (Å²) in [5, 5.41) is 5.19. The molecule has 0 spiro atoms. The molecule has 5 rings (SSSR count). The molecule has 8 heteroatoms. The van der Waals surface area contributed by atoms with E-state index in [1.54, 1.807) is 11.3 Å². The van der Waals surface area contributed by atoms with Gasteiger partial charge in [0.15, 0.2) is 5.65 Å². The van der Waals surface area contributed by atoms with Gasteiger partial charge in [-0.15, -0.1) is 0 Å². The second-order valence-electron chi connectivity index (χ2n) is 8.18. The van der Waals surface area contributed by atoms with Crippen molar-refractivity contribution >= 4 is 34.1 Å². The van der Waals surface area contributed by atoms with Gasteiger partial charge in [-0.05, 0) is 36.4 Å². The molecule has 0 bridgehead atoms. The molecule has 0 N–H and O–H groups in total. The number of thiophene rings is 1. The molecular formula is C22H27N5O2S. The number of nitrogens with zero attached hydrogens (tertiary/aromatic N) is 5. The van der Waals surface area contributed by atoms with Crippen LogP contribution in [0.1, 0.15) is 13.8 Å². The van der Waals surface area contributed by atoms with Crippen LogP contribution in [0.15, 0.2) is 29.0 Å². The minimum Gasteiger partial charge on any atom is -0.378 e. The topological polar surface area (TPSA) is 63.6 Å². The van der Waals surface area contributed by atoms with E-state index < -0.39 is 0 Å². The molecule has 0 amide bonds. The van der Waals surface area contributed by atoms with E-state index in [1.165, 1.54) is 0 Å². The van der Waals surface area contributed by atoms with E-state index in [0.29, 0.717) is 19.1 Å². The van der Waals surface area contributed by atoms with Gasteiger partial charge in [0.05, 0.1) is 37.0 Å². The highest BCUT2D eigenvalue weighted by Crippen LogP contribution is 2.30. The summed E-state index contributed by atoms with van der Waals surface area (Å²) in [5.41, 5.74) is 2.82.